The molecule has 1 heterocycles. The zero-order chi connectivity index (χ0) is 10.6. The smallest absolute Gasteiger partial charge is 0.303 e. The molecule has 0 N–H and O–H groups in total. The van der Waals surface area contributed by atoms with Crippen LogP contribution in [0.25, 0.3) is 0 Å². The van der Waals surface area contributed by atoms with Gasteiger partial charge in [-0.2, -0.15) is 11.8 Å². The molecule has 0 aliphatic carbocycles. The Morgan fingerprint density at radius 3 is 2.79 bits per heavy atom. The minimum absolute atomic E-state index is 0.218. The first kappa shape index (κ1) is 11.1. The predicted octanol–water partition coefficient (Wildman–Crippen LogP) is 0.300. The topological polar surface area (TPSA) is 44.0 Å². The Balaban J connectivity index is 2.90. The molecular formula is C9H14N2O2S. The fourth-order valence-electron chi connectivity index (χ4n) is 1.12. The monoisotopic (exact) mass is 214 g/mol. The van der Waals surface area contributed by atoms with E-state index >= 15 is 0 Å². The average molecular weight is 214 g/mol. The number of aryl methyl sites for hydroxylation is 1. The molecular weight excluding hydrogens is 200 g/mol. The van der Waals surface area contributed by atoms with Crippen molar-refractivity contribution in [2.45, 2.75) is 13.5 Å². The maximum absolute atomic E-state index is 11.5. The second kappa shape index (κ2) is 5.05. The van der Waals surface area contributed by atoms with Gasteiger partial charge in [-0.15, -0.1) is 0 Å². The van der Waals surface area contributed by atoms with Gasteiger partial charge in [0.1, 0.15) is 0 Å². The first-order valence-electron chi connectivity index (χ1n) is 4.51. The Morgan fingerprint density at radius 2 is 2.14 bits per heavy atom. The van der Waals surface area contributed by atoms with Gasteiger partial charge in [0, 0.05) is 31.6 Å². The van der Waals surface area contributed by atoms with Crippen LogP contribution in [-0.2, 0) is 13.6 Å². The van der Waals surface area contributed by atoms with E-state index in [4.69, 9.17) is 0 Å². The highest BCUT2D eigenvalue weighted by Crippen LogP contribution is 1.97. The van der Waals surface area contributed by atoms with E-state index in [-0.39, 0.29) is 11.2 Å². The Hall–Kier alpha value is -0.970. The normalized spacial score (nSPS) is 10.4. The zero-order valence-electron chi connectivity index (χ0n) is 8.40. The van der Waals surface area contributed by atoms with Crippen LogP contribution in [0.1, 0.15) is 6.92 Å². The van der Waals surface area contributed by atoms with Gasteiger partial charge in [-0.05, 0) is 5.75 Å². The van der Waals surface area contributed by atoms with Crippen molar-refractivity contribution in [3.63, 3.8) is 0 Å². The molecule has 0 spiro atoms. The first-order chi connectivity index (χ1) is 6.66. The van der Waals surface area contributed by atoms with Crippen LogP contribution in [0.3, 0.4) is 0 Å². The van der Waals surface area contributed by atoms with Gasteiger partial charge in [0.05, 0.1) is 0 Å². The summed E-state index contributed by atoms with van der Waals surface area (Å²) in [6.07, 6.45) is 1.49. The number of hydrogen-bond donors (Lipinski definition) is 0. The van der Waals surface area contributed by atoms with Crippen molar-refractivity contribution in [2.75, 3.05) is 11.5 Å². The lowest BCUT2D eigenvalue weighted by Gasteiger charge is -2.05. The summed E-state index contributed by atoms with van der Waals surface area (Å²) in [6, 6.07) is 1.41. The van der Waals surface area contributed by atoms with Crippen LogP contribution in [0, 0.1) is 0 Å². The molecule has 1 aromatic rings. The molecule has 0 saturated carbocycles. The molecule has 0 aliphatic heterocycles. The first-order valence-corrected chi connectivity index (χ1v) is 5.66. The van der Waals surface area contributed by atoms with Crippen molar-refractivity contribution >= 4 is 11.8 Å². The Morgan fingerprint density at radius 1 is 1.43 bits per heavy atom. The highest BCUT2D eigenvalue weighted by Gasteiger charge is 2.01. The molecule has 78 valence electrons. The molecule has 0 bridgehead atoms. The number of nitrogens with zero attached hydrogens (tertiary/aromatic N) is 2. The lowest BCUT2D eigenvalue weighted by atomic mass is 10.6. The van der Waals surface area contributed by atoms with Crippen LogP contribution >= 0.6 is 11.8 Å². The largest absolute Gasteiger partial charge is 0.330 e. The van der Waals surface area contributed by atoms with Gasteiger partial charge in [0.2, 0.25) is 0 Å². The molecule has 0 unspecified atom stereocenters. The van der Waals surface area contributed by atoms with Gasteiger partial charge in [0.25, 0.3) is 5.56 Å². The molecule has 0 radical (unpaired) electrons. The Labute approximate surface area is 86.6 Å². The number of rotatable bonds is 4. The van der Waals surface area contributed by atoms with E-state index in [9.17, 15) is 9.59 Å². The third-order valence-electron chi connectivity index (χ3n) is 1.90. The third kappa shape index (κ3) is 2.51. The van der Waals surface area contributed by atoms with E-state index in [1.807, 2.05) is 0 Å². The number of hydrogen-bond acceptors (Lipinski definition) is 3. The average Bonchev–Trinajstić information content (AvgIpc) is 2.18. The Bertz CT molecular complexity index is 408. The summed E-state index contributed by atoms with van der Waals surface area (Å²) in [6.45, 7) is 2.54. The molecule has 0 aliphatic rings. The number of aromatic nitrogens is 2. The van der Waals surface area contributed by atoms with Crippen molar-refractivity contribution in [1.29, 1.82) is 0 Å². The van der Waals surface area contributed by atoms with Gasteiger partial charge >= 0.3 is 5.69 Å². The molecule has 1 aromatic heterocycles. The second-order valence-electron chi connectivity index (χ2n) is 2.90. The molecule has 0 saturated heterocycles. The molecule has 0 atom stereocenters. The van der Waals surface area contributed by atoms with Crippen LogP contribution < -0.4 is 11.2 Å². The Kier molecular flexibility index (Phi) is 4.00. The highest BCUT2D eigenvalue weighted by molar-refractivity contribution is 7.99. The van der Waals surface area contributed by atoms with E-state index in [1.165, 1.54) is 21.4 Å². The zero-order valence-corrected chi connectivity index (χ0v) is 9.21. The molecule has 4 nitrogen and oxygen atoms in total. The number of thioether (sulfide) groups is 1. The summed E-state index contributed by atoms with van der Waals surface area (Å²) in [7, 11) is 1.64. The quantitative estimate of drug-likeness (QED) is 0.677. The summed E-state index contributed by atoms with van der Waals surface area (Å²) >= 11 is 1.72. The minimum atomic E-state index is -0.241. The lowest BCUT2D eigenvalue weighted by molar-refractivity contribution is 0.626. The highest BCUT2D eigenvalue weighted by atomic mass is 32.2. The van der Waals surface area contributed by atoms with Crippen LogP contribution in [0.15, 0.2) is 21.9 Å². The summed E-state index contributed by atoms with van der Waals surface area (Å²) in [5.74, 6) is 1.80. The van der Waals surface area contributed by atoms with E-state index in [0.717, 1.165) is 11.5 Å². The van der Waals surface area contributed by atoms with Gasteiger partial charge in [-0.3, -0.25) is 9.36 Å². The van der Waals surface area contributed by atoms with Gasteiger partial charge in [0.15, 0.2) is 0 Å². The standard InChI is InChI=1S/C9H14N2O2S/c1-3-14-7-6-11-8(12)4-5-10(2)9(11)13/h4-5H,3,6-7H2,1-2H3. The lowest BCUT2D eigenvalue weighted by Crippen LogP contribution is -2.38. The van der Waals surface area contributed by atoms with Crippen LogP contribution in [-0.4, -0.2) is 20.6 Å². The fraction of sp³-hybridized carbons (Fsp3) is 0.556. The summed E-state index contributed by atoms with van der Waals surface area (Å²) < 4.78 is 2.68. The molecule has 0 aromatic carbocycles. The maximum atomic E-state index is 11.5. The molecule has 0 fully saturated rings. The van der Waals surface area contributed by atoms with E-state index in [0.29, 0.717) is 6.54 Å². The molecule has 5 heteroatoms. The summed E-state index contributed by atoms with van der Waals surface area (Å²) in [5, 5.41) is 0. The van der Waals surface area contributed by atoms with Crippen molar-refractivity contribution in [1.82, 2.24) is 9.13 Å². The molecule has 14 heavy (non-hydrogen) atoms. The van der Waals surface area contributed by atoms with Crippen molar-refractivity contribution < 1.29 is 0 Å². The van der Waals surface area contributed by atoms with Crippen molar-refractivity contribution in [2.24, 2.45) is 7.05 Å². The van der Waals surface area contributed by atoms with Crippen LogP contribution in [0.5, 0.6) is 0 Å². The van der Waals surface area contributed by atoms with E-state index in [2.05, 4.69) is 6.92 Å². The molecule has 1 rings (SSSR count). The SMILES string of the molecule is CCSCCn1c(=O)ccn(C)c1=O. The van der Waals surface area contributed by atoms with Gasteiger partial charge < -0.3 is 4.57 Å². The van der Waals surface area contributed by atoms with Crippen LogP contribution in [0.4, 0.5) is 0 Å². The minimum Gasteiger partial charge on any atom is -0.303 e. The summed E-state index contributed by atoms with van der Waals surface area (Å²) in [4.78, 5) is 22.8. The fourth-order valence-corrected chi connectivity index (χ4v) is 1.72. The van der Waals surface area contributed by atoms with Crippen LogP contribution in [0.2, 0.25) is 0 Å². The second-order valence-corrected chi connectivity index (χ2v) is 4.29. The third-order valence-corrected chi connectivity index (χ3v) is 2.78. The van der Waals surface area contributed by atoms with Gasteiger partial charge in [-0.1, -0.05) is 6.92 Å². The van der Waals surface area contributed by atoms with E-state index < -0.39 is 0 Å². The maximum Gasteiger partial charge on any atom is 0.330 e. The predicted molar refractivity (Wildman–Crippen MR) is 58.9 cm³/mol. The van der Waals surface area contributed by atoms with Crippen molar-refractivity contribution in [3.05, 3.63) is 33.1 Å². The van der Waals surface area contributed by atoms with Gasteiger partial charge in [-0.25, -0.2) is 4.79 Å². The summed E-state index contributed by atoms with van der Waals surface area (Å²) in [5.41, 5.74) is -0.459. The van der Waals surface area contributed by atoms with E-state index in [1.54, 1.807) is 18.8 Å². The van der Waals surface area contributed by atoms with Crippen molar-refractivity contribution in [3.8, 4) is 0 Å². The molecule has 0 amide bonds.